The third-order valence-electron chi connectivity index (χ3n) is 5.76. The molecule has 0 aliphatic carbocycles. The number of rotatable bonds is 11. The van der Waals surface area contributed by atoms with Crippen LogP contribution >= 0.6 is 0 Å². The number of para-hydroxylation sites is 1. The predicted molar refractivity (Wildman–Crippen MR) is 145 cm³/mol. The average molecular weight is 499 g/mol. The highest BCUT2D eigenvalue weighted by molar-refractivity contribution is 6.05. The van der Waals surface area contributed by atoms with Crippen LogP contribution in [-0.2, 0) is 6.54 Å². The van der Waals surface area contributed by atoms with Crippen molar-refractivity contribution in [3.63, 3.8) is 0 Å². The maximum Gasteiger partial charge on any atom is 0.291 e. The summed E-state index contributed by atoms with van der Waals surface area (Å²) in [6.07, 6.45) is 1.44. The van der Waals surface area contributed by atoms with Crippen molar-refractivity contribution < 1.29 is 18.7 Å². The van der Waals surface area contributed by atoms with Gasteiger partial charge in [0.1, 0.15) is 5.75 Å². The Morgan fingerprint density at radius 3 is 2.38 bits per heavy atom. The highest BCUT2D eigenvalue weighted by atomic mass is 16.5. The number of nitrogens with one attached hydrogen (secondary N) is 4. The summed E-state index contributed by atoms with van der Waals surface area (Å²) in [4.78, 5) is 25.6. The van der Waals surface area contributed by atoms with Crippen molar-refractivity contribution in [1.82, 2.24) is 5.32 Å². The molecule has 37 heavy (non-hydrogen) atoms. The molecule has 0 radical (unpaired) electrons. The lowest BCUT2D eigenvalue weighted by Crippen LogP contribution is -2.23. The zero-order valence-electron chi connectivity index (χ0n) is 20.8. The lowest BCUT2D eigenvalue weighted by atomic mass is 10.1. The summed E-state index contributed by atoms with van der Waals surface area (Å²) in [6.45, 7) is 3.66. The van der Waals surface area contributed by atoms with Gasteiger partial charge < -0.3 is 30.4 Å². The van der Waals surface area contributed by atoms with Gasteiger partial charge in [-0.05, 0) is 66.6 Å². The van der Waals surface area contributed by atoms with Gasteiger partial charge in [0.2, 0.25) is 0 Å². The molecule has 0 bridgehead atoms. The van der Waals surface area contributed by atoms with E-state index in [0.717, 1.165) is 17.0 Å². The number of ether oxygens (including phenoxy) is 1. The second kappa shape index (κ2) is 12.3. The van der Waals surface area contributed by atoms with Crippen LogP contribution in [-0.4, -0.2) is 32.0 Å². The smallest absolute Gasteiger partial charge is 0.291 e. The standard InChI is InChI=1S/C29H30N4O4/c1-20-7-3-4-10-24(20)30-14-15-31-25-13-12-22(18-26(25)33-29(35)27-11-6-16-37-27)28(34)32-19-21-8-5-9-23(17-21)36-2/h3-13,16-18,30-31H,14-15,19H2,1-2H3,(H,32,34)(H,33,35). The molecule has 8 heteroatoms. The maximum absolute atomic E-state index is 12.9. The Bertz CT molecular complexity index is 1350. The molecule has 0 aliphatic heterocycles. The van der Waals surface area contributed by atoms with Crippen LogP contribution in [0.1, 0.15) is 32.0 Å². The number of methoxy groups -OCH3 is 1. The molecular weight excluding hydrogens is 468 g/mol. The van der Waals surface area contributed by atoms with E-state index in [9.17, 15) is 9.59 Å². The van der Waals surface area contributed by atoms with E-state index in [0.29, 0.717) is 36.6 Å². The van der Waals surface area contributed by atoms with E-state index in [4.69, 9.17) is 9.15 Å². The zero-order valence-corrected chi connectivity index (χ0v) is 20.8. The highest BCUT2D eigenvalue weighted by Gasteiger charge is 2.15. The largest absolute Gasteiger partial charge is 0.497 e. The summed E-state index contributed by atoms with van der Waals surface area (Å²) in [5.74, 6) is 0.242. The molecule has 190 valence electrons. The highest BCUT2D eigenvalue weighted by Crippen LogP contribution is 2.25. The minimum absolute atomic E-state index is 0.181. The number of benzene rings is 3. The average Bonchev–Trinajstić information content (AvgIpc) is 3.47. The summed E-state index contributed by atoms with van der Waals surface area (Å²) in [6, 6.07) is 24.0. The number of anilines is 3. The van der Waals surface area contributed by atoms with Crippen LogP contribution in [0.25, 0.3) is 0 Å². The normalized spacial score (nSPS) is 10.4. The first kappa shape index (κ1) is 25.4. The van der Waals surface area contributed by atoms with Gasteiger partial charge in [0.05, 0.1) is 24.7 Å². The van der Waals surface area contributed by atoms with E-state index in [2.05, 4.69) is 34.3 Å². The van der Waals surface area contributed by atoms with Crippen molar-refractivity contribution in [2.45, 2.75) is 13.5 Å². The van der Waals surface area contributed by atoms with Gasteiger partial charge in [0.25, 0.3) is 11.8 Å². The number of carbonyl (C=O) groups excluding carboxylic acids is 2. The van der Waals surface area contributed by atoms with Crippen molar-refractivity contribution in [3.05, 3.63) is 108 Å². The van der Waals surface area contributed by atoms with Gasteiger partial charge in [0, 0.05) is 30.9 Å². The fourth-order valence-electron chi connectivity index (χ4n) is 3.77. The Balaban J connectivity index is 1.44. The summed E-state index contributed by atoms with van der Waals surface area (Å²) < 4.78 is 10.5. The molecule has 0 unspecified atom stereocenters. The van der Waals surface area contributed by atoms with Crippen LogP contribution in [0.5, 0.6) is 5.75 Å². The van der Waals surface area contributed by atoms with Crippen molar-refractivity contribution in [2.24, 2.45) is 0 Å². The van der Waals surface area contributed by atoms with Gasteiger partial charge in [-0.1, -0.05) is 30.3 Å². The number of amides is 2. The second-order valence-corrected chi connectivity index (χ2v) is 8.39. The molecule has 0 spiro atoms. The van der Waals surface area contributed by atoms with Crippen LogP contribution in [0.4, 0.5) is 17.1 Å². The third kappa shape index (κ3) is 6.91. The van der Waals surface area contributed by atoms with Gasteiger partial charge in [-0.25, -0.2) is 0 Å². The van der Waals surface area contributed by atoms with Crippen molar-refractivity contribution in [2.75, 3.05) is 36.1 Å². The van der Waals surface area contributed by atoms with Crippen LogP contribution in [0, 0.1) is 6.92 Å². The molecule has 0 atom stereocenters. The first-order chi connectivity index (χ1) is 18.0. The molecule has 1 aromatic heterocycles. The molecule has 1 heterocycles. The molecule has 3 aromatic carbocycles. The molecule has 4 rings (SSSR count). The maximum atomic E-state index is 12.9. The van der Waals surface area contributed by atoms with Crippen molar-refractivity contribution >= 4 is 28.9 Å². The Hall–Kier alpha value is -4.72. The lowest BCUT2D eigenvalue weighted by molar-refractivity contribution is 0.0949. The van der Waals surface area contributed by atoms with Crippen LogP contribution in [0.15, 0.2) is 89.5 Å². The van der Waals surface area contributed by atoms with Crippen molar-refractivity contribution in [1.29, 1.82) is 0 Å². The van der Waals surface area contributed by atoms with Gasteiger partial charge >= 0.3 is 0 Å². The summed E-state index contributed by atoms with van der Waals surface area (Å²) >= 11 is 0. The third-order valence-corrected chi connectivity index (χ3v) is 5.76. The van der Waals surface area contributed by atoms with Crippen LogP contribution < -0.4 is 26.0 Å². The second-order valence-electron chi connectivity index (χ2n) is 8.39. The van der Waals surface area contributed by atoms with E-state index in [-0.39, 0.29) is 11.7 Å². The summed E-state index contributed by atoms with van der Waals surface area (Å²) in [5.41, 5.74) is 4.73. The Morgan fingerprint density at radius 1 is 0.811 bits per heavy atom. The Labute approximate surface area is 216 Å². The Kier molecular flexibility index (Phi) is 8.44. The van der Waals surface area contributed by atoms with Gasteiger partial charge in [-0.15, -0.1) is 0 Å². The first-order valence-electron chi connectivity index (χ1n) is 12.0. The quantitative estimate of drug-likeness (QED) is 0.209. The molecule has 0 saturated carbocycles. The van der Waals surface area contributed by atoms with E-state index in [1.807, 2.05) is 42.5 Å². The van der Waals surface area contributed by atoms with Crippen LogP contribution in [0.3, 0.4) is 0 Å². The number of aryl methyl sites for hydroxylation is 1. The molecule has 0 saturated heterocycles. The van der Waals surface area contributed by atoms with Gasteiger partial charge in [-0.3, -0.25) is 9.59 Å². The van der Waals surface area contributed by atoms with E-state index < -0.39 is 5.91 Å². The fraction of sp³-hybridized carbons (Fsp3) is 0.172. The Morgan fingerprint density at radius 2 is 1.62 bits per heavy atom. The van der Waals surface area contributed by atoms with E-state index >= 15 is 0 Å². The van der Waals surface area contributed by atoms with Crippen LogP contribution in [0.2, 0.25) is 0 Å². The monoisotopic (exact) mass is 498 g/mol. The number of hydrogen-bond donors (Lipinski definition) is 4. The number of hydrogen-bond acceptors (Lipinski definition) is 6. The molecule has 0 aliphatic rings. The van der Waals surface area contributed by atoms with Gasteiger partial charge in [-0.2, -0.15) is 0 Å². The minimum Gasteiger partial charge on any atom is -0.497 e. The first-order valence-corrected chi connectivity index (χ1v) is 12.0. The SMILES string of the molecule is COc1cccc(CNC(=O)c2ccc(NCCNc3ccccc3C)c(NC(=O)c3ccco3)c2)c1. The molecular formula is C29H30N4O4. The lowest BCUT2D eigenvalue weighted by Gasteiger charge is -2.16. The predicted octanol–water partition coefficient (Wildman–Crippen LogP) is 5.30. The molecule has 0 fully saturated rings. The number of carbonyl (C=O) groups is 2. The van der Waals surface area contributed by atoms with E-state index in [1.165, 1.54) is 11.8 Å². The number of furan rings is 1. The molecule has 4 aromatic rings. The summed E-state index contributed by atoms with van der Waals surface area (Å²) in [5, 5.41) is 12.5. The van der Waals surface area contributed by atoms with Gasteiger partial charge in [0.15, 0.2) is 5.76 Å². The molecule has 4 N–H and O–H groups in total. The zero-order chi connectivity index (χ0) is 26.0. The van der Waals surface area contributed by atoms with Crippen molar-refractivity contribution in [3.8, 4) is 5.75 Å². The fourth-order valence-corrected chi connectivity index (χ4v) is 3.77. The minimum atomic E-state index is -0.403. The van der Waals surface area contributed by atoms with E-state index in [1.54, 1.807) is 37.4 Å². The molecule has 2 amide bonds. The topological polar surface area (TPSA) is 105 Å². The summed E-state index contributed by atoms with van der Waals surface area (Å²) in [7, 11) is 1.60. The molecule has 8 nitrogen and oxygen atoms in total.